The minimum Gasteiger partial charge on any atom is -0.238 e. The van der Waals surface area contributed by atoms with Gasteiger partial charge in [-0.1, -0.05) is 19.8 Å². The number of rotatable bonds is 4. The van der Waals surface area contributed by atoms with Crippen molar-refractivity contribution in [3.8, 4) is 0 Å². The molecule has 1 unspecified atom stereocenters. The summed E-state index contributed by atoms with van der Waals surface area (Å²) in [5.74, 6) is 0. The molecule has 1 N–H and O–H groups in total. The summed E-state index contributed by atoms with van der Waals surface area (Å²) in [4.78, 5) is 0. The lowest BCUT2D eigenvalue weighted by Crippen LogP contribution is -2.01. The first-order valence-corrected chi connectivity index (χ1v) is 3.42. The molecule has 1 saturated heterocycles. The van der Waals surface area contributed by atoms with Gasteiger partial charge in [-0.25, -0.2) is 10.4 Å². The molecule has 0 aliphatic carbocycles. The summed E-state index contributed by atoms with van der Waals surface area (Å²) in [5.41, 5.74) is 3.13. The molecule has 8 heavy (non-hydrogen) atoms. The van der Waals surface area contributed by atoms with Crippen LogP contribution in [-0.4, -0.2) is 18.2 Å². The molecule has 0 aromatic heterocycles. The first-order valence-electron chi connectivity index (χ1n) is 3.42. The van der Waals surface area contributed by atoms with Gasteiger partial charge in [-0.15, -0.1) is 0 Å². The van der Waals surface area contributed by atoms with Gasteiger partial charge in [-0.2, -0.15) is 0 Å². The molecule has 48 valence electrons. The summed E-state index contributed by atoms with van der Waals surface area (Å²) in [5, 5.41) is 2.23. The minimum atomic E-state index is 1.11. The van der Waals surface area contributed by atoms with Crippen LogP contribution in [0, 0.1) is 0 Å². The molecular formula is C6H14N2. The number of hydrogen-bond acceptors (Lipinski definition) is 2. The second-order valence-electron chi connectivity index (χ2n) is 2.29. The Bertz CT molecular complexity index is 59.5. The largest absolute Gasteiger partial charge is 0.238 e. The predicted molar refractivity (Wildman–Crippen MR) is 34.2 cm³/mol. The van der Waals surface area contributed by atoms with E-state index in [1.54, 1.807) is 0 Å². The Labute approximate surface area is 50.8 Å². The van der Waals surface area contributed by atoms with Gasteiger partial charge in [0.1, 0.15) is 0 Å². The molecule has 0 aromatic carbocycles. The Morgan fingerprint density at radius 3 is 2.75 bits per heavy atom. The first-order chi connectivity index (χ1) is 3.93. The lowest BCUT2D eigenvalue weighted by atomic mass is 10.2. The Morgan fingerprint density at radius 1 is 1.50 bits per heavy atom. The number of unbranched alkanes of at least 4 members (excludes halogenated alkanes) is 2. The maximum atomic E-state index is 3.13. The molecule has 2 heteroatoms. The fourth-order valence-corrected chi connectivity index (χ4v) is 0.761. The number of nitrogens with zero attached hydrogens (tertiary/aromatic N) is 1. The Hall–Kier alpha value is -0.0800. The van der Waals surface area contributed by atoms with Gasteiger partial charge in [0.25, 0.3) is 0 Å². The molecule has 0 bridgehead atoms. The van der Waals surface area contributed by atoms with E-state index in [2.05, 4.69) is 17.4 Å². The molecule has 0 saturated carbocycles. The van der Waals surface area contributed by atoms with Crippen molar-refractivity contribution in [2.24, 2.45) is 0 Å². The molecule has 0 amide bonds. The van der Waals surface area contributed by atoms with E-state index in [-0.39, 0.29) is 0 Å². The van der Waals surface area contributed by atoms with E-state index < -0.39 is 0 Å². The lowest BCUT2D eigenvalue weighted by Gasteiger charge is -1.94. The summed E-state index contributed by atoms with van der Waals surface area (Å²) >= 11 is 0. The molecule has 0 aromatic rings. The highest BCUT2D eigenvalue weighted by atomic mass is 15.7. The van der Waals surface area contributed by atoms with Crippen molar-refractivity contribution in [3.05, 3.63) is 0 Å². The number of hydrazine groups is 1. The van der Waals surface area contributed by atoms with Crippen LogP contribution in [0.3, 0.4) is 0 Å². The fraction of sp³-hybridized carbons (Fsp3) is 1.00. The van der Waals surface area contributed by atoms with Gasteiger partial charge >= 0.3 is 0 Å². The van der Waals surface area contributed by atoms with Gasteiger partial charge in [-0.3, -0.25) is 0 Å². The SMILES string of the molecule is CCCCCN1CN1. The molecule has 1 heterocycles. The second kappa shape index (κ2) is 3.05. The van der Waals surface area contributed by atoms with Crippen LogP contribution in [0.15, 0.2) is 0 Å². The van der Waals surface area contributed by atoms with Crippen molar-refractivity contribution >= 4 is 0 Å². The molecule has 1 aliphatic heterocycles. The van der Waals surface area contributed by atoms with Gasteiger partial charge < -0.3 is 0 Å². The van der Waals surface area contributed by atoms with Crippen molar-refractivity contribution in [3.63, 3.8) is 0 Å². The maximum absolute atomic E-state index is 3.13. The average Bonchev–Trinajstić information content (AvgIpc) is 2.51. The first kappa shape index (κ1) is 6.05. The van der Waals surface area contributed by atoms with Crippen LogP contribution in [0.25, 0.3) is 0 Å². The van der Waals surface area contributed by atoms with Crippen LogP contribution in [0.1, 0.15) is 26.2 Å². The van der Waals surface area contributed by atoms with E-state index in [0.29, 0.717) is 0 Å². The van der Waals surface area contributed by atoms with Crippen molar-refractivity contribution in [1.29, 1.82) is 0 Å². The molecule has 2 nitrogen and oxygen atoms in total. The van der Waals surface area contributed by atoms with E-state index in [1.807, 2.05) is 0 Å². The zero-order valence-electron chi connectivity index (χ0n) is 5.48. The van der Waals surface area contributed by atoms with E-state index in [4.69, 9.17) is 0 Å². The average molecular weight is 114 g/mol. The third-order valence-corrected chi connectivity index (χ3v) is 1.41. The summed E-state index contributed by atoms with van der Waals surface area (Å²) in [7, 11) is 0. The molecule has 0 radical (unpaired) electrons. The second-order valence-corrected chi connectivity index (χ2v) is 2.29. The van der Waals surface area contributed by atoms with Gasteiger partial charge in [0.15, 0.2) is 0 Å². The summed E-state index contributed by atoms with van der Waals surface area (Å²) in [6.07, 6.45) is 4.05. The molecule has 1 aliphatic rings. The van der Waals surface area contributed by atoms with E-state index in [1.165, 1.54) is 25.8 Å². The Kier molecular flexibility index (Phi) is 2.30. The van der Waals surface area contributed by atoms with Gasteiger partial charge in [-0.05, 0) is 6.42 Å². The molecule has 1 atom stereocenters. The monoisotopic (exact) mass is 114 g/mol. The van der Waals surface area contributed by atoms with Gasteiger partial charge in [0.2, 0.25) is 0 Å². The summed E-state index contributed by atoms with van der Waals surface area (Å²) in [6.45, 7) is 4.59. The van der Waals surface area contributed by atoms with Gasteiger partial charge in [0.05, 0.1) is 6.67 Å². The minimum absolute atomic E-state index is 1.11. The number of nitrogens with one attached hydrogen (secondary N) is 1. The zero-order chi connectivity index (χ0) is 5.82. The van der Waals surface area contributed by atoms with Crippen LogP contribution in [-0.2, 0) is 0 Å². The normalized spacial score (nSPS) is 25.9. The highest BCUT2D eigenvalue weighted by molar-refractivity contribution is 4.58. The number of hydrogen-bond donors (Lipinski definition) is 1. The van der Waals surface area contributed by atoms with Crippen LogP contribution >= 0.6 is 0 Å². The van der Waals surface area contributed by atoms with Crippen LogP contribution in [0.5, 0.6) is 0 Å². The molecule has 1 rings (SSSR count). The van der Waals surface area contributed by atoms with Gasteiger partial charge in [0, 0.05) is 6.54 Å². The predicted octanol–water partition coefficient (Wildman–Crippen LogP) is 0.954. The van der Waals surface area contributed by atoms with E-state index in [0.717, 1.165) is 6.67 Å². The smallest absolute Gasteiger partial charge is 0.0754 e. The molecular weight excluding hydrogens is 100 g/mol. The molecule has 1 fully saturated rings. The quantitative estimate of drug-likeness (QED) is 0.435. The van der Waals surface area contributed by atoms with Crippen molar-refractivity contribution in [1.82, 2.24) is 10.4 Å². The molecule has 0 spiro atoms. The Balaban J connectivity index is 1.74. The standard InChI is InChI=1S/C6H14N2/c1-2-3-4-5-8-6-7-8/h7H,2-6H2,1H3. The highest BCUT2D eigenvalue weighted by Crippen LogP contribution is 1.99. The third-order valence-electron chi connectivity index (χ3n) is 1.41. The Morgan fingerprint density at radius 2 is 2.25 bits per heavy atom. The van der Waals surface area contributed by atoms with Crippen molar-refractivity contribution in [2.45, 2.75) is 26.2 Å². The van der Waals surface area contributed by atoms with Crippen molar-refractivity contribution < 1.29 is 0 Å². The third kappa shape index (κ3) is 2.28. The topological polar surface area (TPSA) is 25.0 Å². The fourth-order valence-electron chi connectivity index (χ4n) is 0.761. The van der Waals surface area contributed by atoms with Crippen LogP contribution in [0.4, 0.5) is 0 Å². The van der Waals surface area contributed by atoms with E-state index in [9.17, 15) is 0 Å². The van der Waals surface area contributed by atoms with E-state index >= 15 is 0 Å². The zero-order valence-corrected chi connectivity index (χ0v) is 5.48. The lowest BCUT2D eigenvalue weighted by molar-refractivity contribution is 0.482. The van der Waals surface area contributed by atoms with Crippen LogP contribution in [0.2, 0.25) is 0 Å². The maximum Gasteiger partial charge on any atom is 0.0754 e. The summed E-state index contributed by atoms with van der Waals surface area (Å²) < 4.78 is 0. The van der Waals surface area contributed by atoms with Crippen LogP contribution < -0.4 is 5.43 Å². The highest BCUT2D eigenvalue weighted by Gasteiger charge is 2.13. The summed E-state index contributed by atoms with van der Waals surface area (Å²) in [6, 6.07) is 0. The van der Waals surface area contributed by atoms with Crippen molar-refractivity contribution in [2.75, 3.05) is 13.2 Å².